The van der Waals surface area contributed by atoms with Crippen LogP contribution in [0.15, 0.2) is 30.6 Å². The summed E-state index contributed by atoms with van der Waals surface area (Å²) < 4.78 is 1.83. The van der Waals surface area contributed by atoms with E-state index in [1.165, 1.54) is 0 Å². The second-order valence-corrected chi connectivity index (χ2v) is 5.30. The van der Waals surface area contributed by atoms with E-state index in [1.54, 1.807) is 12.3 Å². The van der Waals surface area contributed by atoms with E-state index in [0.29, 0.717) is 16.6 Å². The Balaban J connectivity index is 2.16. The molecule has 17 heavy (non-hydrogen) atoms. The van der Waals surface area contributed by atoms with Gasteiger partial charge >= 0.3 is 0 Å². The minimum absolute atomic E-state index is 0.0300. The van der Waals surface area contributed by atoms with Gasteiger partial charge in [-0.25, -0.2) is 0 Å². The first kappa shape index (κ1) is 12.7. The van der Waals surface area contributed by atoms with Gasteiger partial charge in [0.2, 0.25) is 0 Å². The number of alkyl halides is 1. The van der Waals surface area contributed by atoms with Gasteiger partial charge in [0, 0.05) is 11.8 Å². The molecule has 0 saturated carbocycles. The maximum atomic E-state index is 5.97. The van der Waals surface area contributed by atoms with Crippen LogP contribution in [-0.2, 0) is 6.54 Å². The molecule has 2 nitrogen and oxygen atoms in total. The van der Waals surface area contributed by atoms with Crippen molar-refractivity contribution < 1.29 is 0 Å². The number of aromatic nitrogens is 2. The Morgan fingerprint density at radius 2 is 2.06 bits per heavy atom. The molecule has 0 amide bonds. The summed E-state index contributed by atoms with van der Waals surface area (Å²) in [4.78, 5) is 0. The molecular weight excluding hydrogens is 279 g/mol. The van der Waals surface area contributed by atoms with Crippen molar-refractivity contribution in [3.05, 3.63) is 51.8 Å². The molecular formula is C12H11Cl3N2. The van der Waals surface area contributed by atoms with Gasteiger partial charge in [0.25, 0.3) is 0 Å². The summed E-state index contributed by atoms with van der Waals surface area (Å²) >= 11 is 17.8. The van der Waals surface area contributed by atoms with Gasteiger partial charge in [-0.15, -0.1) is 11.6 Å². The second-order valence-electron chi connectivity index (χ2n) is 3.84. The molecule has 1 unspecified atom stereocenters. The fraction of sp³-hybridized carbons (Fsp3) is 0.250. The standard InChI is InChI=1S/C12H11Cl3N2/c1-8(13)10-5-16-17(7-10)6-9-2-3-11(14)12(15)4-9/h2-5,7-8H,6H2,1H3. The molecule has 0 aliphatic heterocycles. The van der Waals surface area contributed by atoms with Gasteiger partial charge in [-0.1, -0.05) is 29.3 Å². The highest BCUT2D eigenvalue weighted by Crippen LogP contribution is 2.23. The Morgan fingerprint density at radius 3 is 2.65 bits per heavy atom. The van der Waals surface area contributed by atoms with Crippen molar-refractivity contribution >= 4 is 34.8 Å². The average molecular weight is 290 g/mol. The van der Waals surface area contributed by atoms with Gasteiger partial charge < -0.3 is 0 Å². The predicted octanol–water partition coefficient (Wildman–Crippen LogP) is 4.54. The molecule has 0 aliphatic rings. The summed E-state index contributed by atoms with van der Waals surface area (Å²) in [6.45, 7) is 2.57. The monoisotopic (exact) mass is 288 g/mol. The normalized spacial score (nSPS) is 12.7. The topological polar surface area (TPSA) is 17.8 Å². The molecule has 2 rings (SSSR count). The molecule has 0 spiro atoms. The van der Waals surface area contributed by atoms with Crippen LogP contribution in [0.2, 0.25) is 10.0 Å². The summed E-state index contributed by atoms with van der Waals surface area (Å²) in [6, 6.07) is 5.56. The Morgan fingerprint density at radius 1 is 1.29 bits per heavy atom. The van der Waals surface area contributed by atoms with Crippen molar-refractivity contribution in [1.29, 1.82) is 0 Å². The van der Waals surface area contributed by atoms with Crippen LogP contribution < -0.4 is 0 Å². The van der Waals surface area contributed by atoms with E-state index in [2.05, 4.69) is 5.10 Å². The third-order valence-electron chi connectivity index (χ3n) is 2.44. The number of hydrogen-bond donors (Lipinski definition) is 0. The molecule has 0 saturated heterocycles. The lowest BCUT2D eigenvalue weighted by molar-refractivity contribution is 0.686. The molecule has 1 aromatic heterocycles. The molecule has 1 heterocycles. The van der Waals surface area contributed by atoms with E-state index in [4.69, 9.17) is 34.8 Å². The summed E-state index contributed by atoms with van der Waals surface area (Å²) in [7, 11) is 0. The first-order chi connectivity index (χ1) is 8.06. The quantitative estimate of drug-likeness (QED) is 0.759. The smallest absolute Gasteiger partial charge is 0.0660 e. The van der Waals surface area contributed by atoms with Crippen molar-refractivity contribution in [2.45, 2.75) is 18.8 Å². The van der Waals surface area contributed by atoms with E-state index in [9.17, 15) is 0 Å². The lowest BCUT2D eigenvalue weighted by Gasteiger charge is -2.03. The van der Waals surface area contributed by atoms with E-state index in [-0.39, 0.29) is 5.38 Å². The number of hydrogen-bond acceptors (Lipinski definition) is 1. The SMILES string of the molecule is CC(Cl)c1cnn(Cc2ccc(Cl)c(Cl)c2)c1. The second kappa shape index (κ2) is 5.30. The fourth-order valence-corrected chi connectivity index (χ4v) is 1.93. The van der Waals surface area contributed by atoms with E-state index >= 15 is 0 Å². The highest BCUT2D eigenvalue weighted by atomic mass is 35.5. The molecule has 0 radical (unpaired) electrons. The zero-order chi connectivity index (χ0) is 12.4. The van der Waals surface area contributed by atoms with Crippen LogP contribution in [0.25, 0.3) is 0 Å². The molecule has 0 fully saturated rings. The lowest BCUT2D eigenvalue weighted by Crippen LogP contribution is -1.99. The van der Waals surface area contributed by atoms with Crippen molar-refractivity contribution in [2.24, 2.45) is 0 Å². The van der Waals surface area contributed by atoms with Gasteiger partial charge in [0.1, 0.15) is 0 Å². The Hall–Kier alpha value is -0.700. The zero-order valence-corrected chi connectivity index (χ0v) is 11.5. The molecule has 0 bridgehead atoms. The number of benzene rings is 1. The van der Waals surface area contributed by atoms with Crippen LogP contribution in [0, 0.1) is 0 Å². The summed E-state index contributed by atoms with van der Waals surface area (Å²) in [5.41, 5.74) is 2.06. The van der Waals surface area contributed by atoms with E-state index in [0.717, 1.165) is 11.1 Å². The van der Waals surface area contributed by atoms with Crippen molar-refractivity contribution in [1.82, 2.24) is 9.78 Å². The molecule has 5 heteroatoms. The van der Waals surface area contributed by atoms with Crippen LogP contribution in [-0.4, -0.2) is 9.78 Å². The van der Waals surface area contributed by atoms with E-state index in [1.807, 2.05) is 29.9 Å². The molecule has 0 aliphatic carbocycles. The van der Waals surface area contributed by atoms with Gasteiger partial charge in [0.15, 0.2) is 0 Å². The van der Waals surface area contributed by atoms with Crippen LogP contribution in [0.1, 0.15) is 23.4 Å². The highest BCUT2D eigenvalue weighted by molar-refractivity contribution is 6.42. The van der Waals surface area contributed by atoms with Gasteiger partial charge in [0.05, 0.1) is 28.2 Å². The molecule has 2 aromatic rings. The predicted molar refractivity (Wildman–Crippen MR) is 72.1 cm³/mol. The number of nitrogens with zero attached hydrogens (tertiary/aromatic N) is 2. The largest absolute Gasteiger partial charge is 0.268 e. The van der Waals surface area contributed by atoms with Crippen molar-refractivity contribution in [3.63, 3.8) is 0 Å². The minimum atomic E-state index is -0.0300. The summed E-state index contributed by atoms with van der Waals surface area (Å²) in [5.74, 6) is 0. The first-order valence-corrected chi connectivity index (χ1v) is 6.36. The van der Waals surface area contributed by atoms with Crippen LogP contribution >= 0.6 is 34.8 Å². The van der Waals surface area contributed by atoms with Gasteiger partial charge in [-0.05, 0) is 24.6 Å². The van der Waals surface area contributed by atoms with Crippen LogP contribution in [0.3, 0.4) is 0 Å². The van der Waals surface area contributed by atoms with Crippen LogP contribution in [0.5, 0.6) is 0 Å². The molecule has 0 N–H and O–H groups in total. The first-order valence-electron chi connectivity index (χ1n) is 5.16. The third kappa shape index (κ3) is 3.15. The number of halogens is 3. The summed E-state index contributed by atoms with van der Waals surface area (Å²) in [5, 5.41) is 5.33. The third-order valence-corrected chi connectivity index (χ3v) is 3.43. The average Bonchev–Trinajstić information content (AvgIpc) is 2.72. The summed E-state index contributed by atoms with van der Waals surface area (Å²) in [6.07, 6.45) is 3.70. The molecule has 90 valence electrons. The van der Waals surface area contributed by atoms with E-state index < -0.39 is 0 Å². The fourth-order valence-electron chi connectivity index (χ4n) is 1.50. The van der Waals surface area contributed by atoms with Gasteiger partial charge in [-0.3, -0.25) is 4.68 Å². The van der Waals surface area contributed by atoms with Crippen molar-refractivity contribution in [3.8, 4) is 0 Å². The maximum Gasteiger partial charge on any atom is 0.0660 e. The Kier molecular flexibility index (Phi) is 3.97. The molecule has 1 atom stereocenters. The Labute approximate surface area is 115 Å². The lowest BCUT2D eigenvalue weighted by atomic mass is 10.2. The highest BCUT2D eigenvalue weighted by Gasteiger charge is 2.05. The Bertz CT molecular complexity index is 520. The van der Waals surface area contributed by atoms with Crippen LogP contribution in [0.4, 0.5) is 0 Å². The zero-order valence-electron chi connectivity index (χ0n) is 9.20. The van der Waals surface area contributed by atoms with Crippen molar-refractivity contribution in [2.75, 3.05) is 0 Å². The minimum Gasteiger partial charge on any atom is -0.268 e. The number of rotatable bonds is 3. The molecule has 1 aromatic carbocycles. The van der Waals surface area contributed by atoms with Gasteiger partial charge in [-0.2, -0.15) is 5.10 Å². The maximum absolute atomic E-state index is 5.97.